The summed E-state index contributed by atoms with van der Waals surface area (Å²) in [5.74, 6) is 1.18. The highest BCUT2D eigenvalue weighted by atomic mass is 16.2. The van der Waals surface area contributed by atoms with E-state index in [-0.39, 0.29) is 5.91 Å². The number of likely N-dealkylation sites (tertiary alicyclic amines) is 1. The summed E-state index contributed by atoms with van der Waals surface area (Å²) in [4.78, 5) is 21.5. The van der Waals surface area contributed by atoms with Gasteiger partial charge in [-0.1, -0.05) is 30.3 Å². The quantitative estimate of drug-likeness (QED) is 0.865. The van der Waals surface area contributed by atoms with Gasteiger partial charge in [0.1, 0.15) is 11.5 Å². The number of rotatable bonds is 4. The van der Waals surface area contributed by atoms with Crippen LogP contribution in [-0.4, -0.2) is 51.4 Å². The Morgan fingerprint density at radius 1 is 1.04 bits per heavy atom. The van der Waals surface area contributed by atoms with Gasteiger partial charge in [-0.15, -0.1) is 0 Å². The third-order valence-electron chi connectivity index (χ3n) is 5.12. The molecule has 1 aromatic heterocycles. The van der Waals surface area contributed by atoms with E-state index in [0.717, 1.165) is 70.0 Å². The van der Waals surface area contributed by atoms with Crippen LogP contribution >= 0.6 is 0 Å². The molecule has 0 unspecified atom stereocenters. The van der Waals surface area contributed by atoms with Gasteiger partial charge < -0.3 is 9.47 Å². The van der Waals surface area contributed by atoms with Gasteiger partial charge in [0, 0.05) is 32.7 Å². The van der Waals surface area contributed by atoms with Gasteiger partial charge in [0.25, 0.3) is 5.91 Å². The molecule has 2 aromatic rings. The van der Waals surface area contributed by atoms with Crippen molar-refractivity contribution in [1.29, 1.82) is 0 Å². The Bertz CT molecular complexity index is 703. The van der Waals surface area contributed by atoms with E-state index in [1.165, 1.54) is 5.56 Å². The molecule has 0 radical (unpaired) electrons. The lowest BCUT2D eigenvalue weighted by molar-refractivity contribution is 0.0778. The fourth-order valence-corrected chi connectivity index (χ4v) is 3.69. The highest BCUT2D eigenvalue weighted by molar-refractivity contribution is 5.92. The van der Waals surface area contributed by atoms with Gasteiger partial charge in [-0.2, -0.15) is 0 Å². The number of carbonyl (C=O) groups excluding carboxylic acids is 1. The fourth-order valence-electron chi connectivity index (χ4n) is 3.69. The minimum Gasteiger partial charge on any atom is -0.337 e. The zero-order chi connectivity index (χ0) is 16.4. The molecule has 24 heavy (non-hydrogen) atoms. The first-order chi connectivity index (χ1) is 11.8. The molecule has 1 aromatic carbocycles. The average Bonchev–Trinajstić information content (AvgIpc) is 3.30. The molecule has 0 saturated carbocycles. The Morgan fingerprint density at radius 2 is 1.83 bits per heavy atom. The van der Waals surface area contributed by atoms with E-state index in [0.29, 0.717) is 0 Å². The van der Waals surface area contributed by atoms with Gasteiger partial charge in [-0.05, 0) is 24.8 Å². The van der Waals surface area contributed by atoms with E-state index in [2.05, 4.69) is 44.8 Å². The van der Waals surface area contributed by atoms with Crippen LogP contribution in [0.15, 0.2) is 36.5 Å². The molecule has 1 fully saturated rings. The lowest BCUT2D eigenvalue weighted by Gasteiger charge is -2.28. The van der Waals surface area contributed by atoms with Gasteiger partial charge in [0.05, 0.1) is 12.7 Å². The first-order valence-corrected chi connectivity index (χ1v) is 8.91. The summed E-state index contributed by atoms with van der Waals surface area (Å²) < 4.78 is 2.12. The molecule has 4 rings (SSSR count). The van der Waals surface area contributed by atoms with Gasteiger partial charge in [0.2, 0.25) is 0 Å². The smallest absolute Gasteiger partial charge is 0.272 e. The van der Waals surface area contributed by atoms with Gasteiger partial charge >= 0.3 is 0 Å². The minimum absolute atomic E-state index is 0.156. The van der Waals surface area contributed by atoms with Crippen LogP contribution in [0.4, 0.5) is 0 Å². The fraction of sp³-hybridized carbons (Fsp3) is 0.474. The summed E-state index contributed by atoms with van der Waals surface area (Å²) in [5.41, 5.74) is 2.14. The van der Waals surface area contributed by atoms with Gasteiger partial charge in [0.15, 0.2) is 0 Å². The molecule has 2 aliphatic rings. The number of amides is 1. The van der Waals surface area contributed by atoms with E-state index in [1.54, 1.807) is 6.20 Å². The van der Waals surface area contributed by atoms with Crippen LogP contribution in [0.5, 0.6) is 0 Å². The van der Waals surface area contributed by atoms with Crippen molar-refractivity contribution in [3.05, 3.63) is 53.6 Å². The van der Waals surface area contributed by atoms with Crippen molar-refractivity contribution in [2.45, 2.75) is 32.4 Å². The number of nitrogens with zero attached hydrogens (tertiary/aromatic N) is 4. The van der Waals surface area contributed by atoms with Crippen molar-refractivity contribution in [3.63, 3.8) is 0 Å². The van der Waals surface area contributed by atoms with Crippen molar-refractivity contribution in [2.75, 3.05) is 26.2 Å². The molecule has 1 saturated heterocycles. The largest absolute Gasteiger partial charge is 0.337 e. The Balaban J connectivity index is 1.40. The van der Waals surface area contributed by atoms with E-state index in [4.69, 9.17) is 0 Å². The topological polar surface area (TPSA) is 41.4 Å². The summed E-state index contributed by atoms with van der Waals surface area (Å²) in [6.07, 6.45) is 5.08. The zero-order valence-electron chi connectivity index (χ0n) is 14.0. The van der Waals surface area contributed by atoms with E-state index in [1.807, 2.05) is 4.90 Å². The van der Waals surface area contributed by atoms with Crippen molar-refractivity contribution in [1.82, 2.24) is 19.4 Å². The molecule has 2 aliphatic heterocycles. The lowest BCUT2D eigenvalue weighted by atomic mass is 10.1. The molecule has 3 heterocycles. The molecule has 5 heteroatoms. The van der Waals surface area contributed by atoms with Crippen LogP contribution in [0.2, 0.25) is 0 Å². The Morgan fingerprint density at radius 3 is 2.62 bits per heavy atom. The van der Waals surface area contributed by atoms with E-state index in [9.17, 15) is 4.79 Å². The first kappa shape index (κ1) is 15.4. The van der Waals surface area contributed by atoms with Gasteiger partial charge in [-0.3, -0.25) is 9.69 Å². The van der Waals surface area contributed by atoms with Crippen LogP contribution in [0.3, 0.4) is 0 Å². The number of benzene rings is 1. The van der Waals surface area contributed by atoms with Crippen molar-refractivity contribution >= 4 is 5.91 Å². The maximum Gasteiger partial charge on any atom is 0.272 e. The maximum absolute atomic E-state index is 12.6. The summed E-state index contributed by atoms with van der Waals surface area (Å²) in [5, 5.41) is 0. The minimum atomic E-state index is 0.156. The predicted octanol–water partition coefficient (Wildman–Crippen LogP) is 2.18. The number of hydrogen-bond acceptors (Lipinski definition) is 3. The van der Waals surface area contributed by atoms with Crippen molar-refractivity contribution in [3.8, 4) is 0 Å². The monoisotopic (exact) mass is 324 g/mol. The lowest BCUT2D eigenvalue weighted by Crippen LogP contribution is -2.37. The Hall–Kier alpha value is -2.14. The number of imidazole rings is 1. The summed E-state index contributed by atoms with van der Waals surface area (Å²) >= 11 is 0. The number of aromatic nitrogens is 2. The third-order valence-corrected chi connectivity index (χ3v) is 5.12. The molecule has 0 spiro atoms. The first-order valence-electron chi connectivity index (χ1n) is 8.91. The normalized spacial score (nSPS) is 17.9. The standard InChI is InChI=1S/C19H24N4O/c24-19(22-9-4-5-10-22)17-14-20-18-15-21(12-13-23(17)18)11-8-16-6-2-1-3-7-16/h1-3,6-7,14H,4-5,8-13,15H2. The predicted molar refractivity (Wildman–Crippen MR) is 92.8 cm³/mol. The molecule has 0 atom stereocenters. The molecule has 126 valence electrons. The highest BCUT2D eigenvalue weighted by Crippen LogP contribution is 2.18. The number of carbonyl (C=O) groups is 1. The van der Waals surface area contributed by atoms with Crippen LogP contribution in [-0.2, 0) is 19.5 Å². The molecule has 0 bridgehead atoms. The Labute approximate surface area is 142 Å². The van der Waals surface area contributed by atoms with Crippen LogP contribution in [0.25, 0.3) is 0 Å². The van der Waals surface area contributed by atoms with Crippen LogP contribution in [0.1, 0.15) is 34.7 Å². The summed E-state index contributed by atoms with van der Waals surface area (Å²) in [6.45, 7) is 5.49. The second kappa shape index (κ2) is 6.77. The molecule has 1 amide bonds. The second-order valence-corrected chi connectivity index (χ2v) is 6.72. The average molecular weight is 324 g/mol. The molecular weight excluding hydrogens is 300 g/mol. The third kappa shape index (κ3) is 3.08. The summed E-state index contributed by atoms with van der Waals surface area (Å²) in [6, 6.07) is 10.6. The molecule has 0 N–H and O–H groups in total. The number of hydrogen-bond donors (Lipinski definition) is 0. The Kier molecular flexibility index (Phi) is 4.34. The van der Waals surface area contributed by atoms with E-state index >= 15 is 0 Å². The zero-order valence-corrected chi connectivity index (χ0v) is 14.0. The van der Waals surface area contributed by atoms with Crippen molar-refractivity contribution < 1.29 is 4.79 Å². The summed E-state index contributed by atoms with van der Waals surface area (Å²) in [7, 11) is 0. The number of fused-ring (bicyclic) bond motifs is 1. The molecular formula is C19H24N4O. The highest BCUT2D eigenvalue weighted by Gasteiger charge is 2.26. The van der Waals surface area contributed by atoms with Crippen molar-refractivity contribution in [2.24, 2.45) is 0 Å². The molecule has 0 aliphatic carbocycles. The SMILES string of the molecule is O=C(c1cnc2n1CCN(CCc1ccccc1)C2)N1CCCC1. The van der Waals surface area contributed by atoms with Gasteiger partial charge in [-0.25, -0.2) is 4.98 Å². The maximum atomic E-state index is 12.6. The van der Waals surface area contributed by atoms with Crippen LogP contribution < -0.4 is 0 Å². The molecule has 5 nitrogen and oxygen atoms in total. The second-order valence-electron chi connectivity index (χ2n) is 6.72. The van der Waals surface area contributed by atoms with Crippen LogP contribution in [0, 0.1) is 0 Å². The van der Waals surface area contributed by atoms with E-state index < -0.39 is 0 Å².